The SMILES string of the molecule is COc1cccc([C@@H]2[C@H](c3ccc(Cl)cc3)N=C3c4c(OC(C)C)cc(OC)c5c4N(CC(=O)N5)C(=O)N32)c1. The van der Waals surface area contributed by atoms with Crippen molar-refractivity contribution in [3.05, 3.63) is 76.3 Å². The second kappa shape index (κ2) is 9.50. The third kappa shape index (κ3) is 4.04. The molecule has 0 unspecified atom stereocenters. The Hall–Kier alpha value is -4.24. The van der Waals surface area contributed by atoms with Gasteiger partial charge in [0.15, 0.2) is 0 Å². The lowest BCUT2D eigenvalue weighted by molar-refractivity contribution is -0.115. The van der Waals surface area contributed by atoms with Gasteiger partial charge in [-0.3, -0.25) is 19.6 Å². The molecular weight excluding hydrogens is 520 g/mol. The zero-order valence-corrected chi connectivity index (χ0v) is 22.7. The van der Waals surface area contributed by atoms with Gasteiger partial charge in [-0.15, -0.1) is 0 Å². The molecule has 3 amide bonds. The number of carbonyl (C=O) groups excluding carboxylic acids is 2. The van der Waals surface area contributed by atoms with Gasteiger partial charge in [-0.1, -0.05) is 35.9 Å². The molecule has 3 aromatic rings. The van der Waals surface area contributed by atoms with Gasteiger partial charge < -0.3 is 19.5 Å². The molecule has 1 N–H and O–H groups in total. The fourth-order valence-electron chi connectivity index (χ4n) is 5.44. The van der Waals surface area contributed by atoms with E-state index in [1.165, 1.54) is 12.0 Å². The summed E-state index contributed by atoms with van der Waals surface area (Å²) >= 11 is 6.21. The number of aliphatic imine (C=N–C) groups is 1. The Morgan fingerprint density at radius 3 is 2.46 bits per heavy atom. The molecule has 9 nitrogen and oxygen atoms in total. The lowest BCUT2D eigenvalue weighted by Crippen LogP contribution is -2.55. The van der Waals surface area contributed by atoms with Crippen LogP contribution in [-0.2, 0) is 4.79 Å². The second-order valence-electron chi connectivity index (χ2n) is 9.80. The maximum Gasteiger partial charge on any atom is 0.331 e. The minimum Gasteiger partial charge on any atom is -0.497 e. The summed E-state index contributed by atoms with van der Waals surface area (Å²) in [7, 11) is 3.12. The quantitative estimate of drug-likeness (QED) is 0.435. The van der Waals surface area contributed by atoms with E-state index in [0.717, 1.165) is 11.1 Å². The summed E-state index contributed by atoms with van der Waals surface area (Å²) in [6, 6.07) is 15.5. The molecule has 0 aromatic heterocycles. The number of halogens is 1. The highest BCUT2D eigenvalue weighted by Gasteiger charge is 2.51. The van der Waals surface area contributed by atoms with Gasteiger partial charge in [-0.05, 0) is 49.2 Å². The summed E-state index contributed by atoms with van der Waals surface area (Å²) in [4.78, 5) is 35.4. The number of hydrogen-bond acceptors (Lipinski definition) is 6. The number of nitrogens with zero attached hydrogens (tertiary/aromatic N) is 3. The molecule has 0 bridgehead atoms. The van der Waals surface area contributed by atoms with Crippen LogP contribution in [0.4, 0.5) is 16.2 Å². The molecule has 2 atom stereocenters. The molecule has 3 aromatic carbocycles. The van der Waals surface area contributed by atoms with Crippen molar-refractivity contribution in [2.45, 2.75) is 32.0 Å². The predicted octanol–water partition coefficient (Wildman–Crippen LogP) is 5.58. The van der Waals surface area contributed by atoms with Gasteiger partial charge in [0.1, 0.15) is 41.4 Å². The van der Waals surface area contributed by atoms with Crippen LogP contribution in [0.2, 0.25) is 5.02 Å². The Balaban J connectivity index is 1.63. The van der Waals surface area contributed by atoms with Crippen LogP contribution in [0.3, 0.4) is 0 Å². The first-order chi connectivity index (χ1) is 18.8. The van der Waals surface area contributed by atoms with E-state index in [1.54, 1.807) is 18.1 Å². The Labute approximate surface area is 230 Å². The number of anilines is 2. The van der Waals surface area contributed by atoms with Gasteiger partial charge >= 0.3 is 6.03 Å². The van der Waals surface area contributed by atoms with Gasteiger partial charge in [0.25, 0.3) is 0 Å². The van der Waals surface area contributed by atoms with E-state index in [9.17, 15) is 9.59 Å². The number of nitrogens with one attached hydrogen (secondary N) is 1. The summed E-state index contributed by atoms with van der Waals surface area (Å²) in [5.41, 5.74) is 3.29. The maximum atomic E-state index is 14.3. The minimum absolute atomic E-state index is 0.145. The van der Waals surface area contributed by atoms with Crippen molar-refractivity contribution in [3.63, 3.8) is 0 Å². The van der Waals surface area contributed by atoms with E-state index in [4.69, 9.17) is 30.8 Å². The van der Waals surface area contributed by atoms with Crippen LogP contribution in [0.15, 0.2) is 59.6 Å². The number of ether oxygens (including phenoxy) is 3. The monoisotopic (exact) mass is 546 g/mol. The van der Waals surface area contributed by atoms with Crippen molar-refractivity contribution in [3.8, 4) is 17.2 Å². The number of methoxy groups -OCH3 is 2. The fraction of sp³-hybridized carbons (Fsp3) is 0.276. The summed E-state index contributed by atoms with van der Waals surface area (Å²) in [5, 5.41) is 3.49. The van der Waals surface area contributed by atoms with Gasteiger partial charge in [0.2, 0.25) is 5.91 Å². The first-order valence-corrected chi connectivity index (χ1v) is 13.0. The zero-order valence-electron chi connectivity index (χ0n) is 21.9. The summed E-state index contributed by atoms with van der Waals surface area (Å²) < 4.78 is 17.4. The van der Waals surface area contributed by atoms with Crippen molar-refractivity contribution in [1.29, 1.82) is 0 Å². The average Bonchev–Trinajstić information content (AvgIpc) is 3.32. The number of fused-ring (bicyclic) bond motifs is 2. The van der Waals surface area contributed by atoms with Crippen LogP contribution in [0.5, 0.6) is 17.2 Å². The van der Waals surface area contributed by atoms with Crippen LogP contribution >= 0.6 is 11.6 Å². The van der Waals surface area contributed by atoms with Crippen LogP contribution < -0.4 is 24.4 Å². The average molecular weight is 547 g/mol. The number of benzene rings is 3. The maximum absolute atomic E-state index is 14.3. The third-order valence-electron chi connectivity index (χ3n) is 7.02. The summed E-state index contributed by atoms with van der Waals surface area (Å²) in [6.07, 6.45) is -0.162. The van der Waals surface area contributed by atoms with Gasteiger partial charge in [0.05, 0.1) is 37.6 Å². The Morgan fingerprint density at radius 2 is 1.77 bits per heavy atom. The van der Waals surface area contributed by atoms with Crippen molar-refractivity contribution in [1.82, 2.24) is 4.90 Å². The molecule has 0 saturated carbocycles. The van der Waals surface area contributed by atoms with Gasteiger partial charge in [0, 0.05) is 11.1 Å². The molecule has 39 heavy (non-hydrogen) atoms. The van der Waals surface area contributed by atoms with Gasteiger partial charge in [-0.2, -0.15) is 0 Å². The normalized spacial score (nSPS) is 19.4. The van der Waals surface area contributed by atoms with E-state index >= 15 is 0 Å². The summed E-state index contributed by atoms with van der Waals surface area (Å²) in [5.74, 6) is 1.73. The van der Waals surface area contributed by atoms with Crippen molar-refractivity contribution < 1.29 is 23.8 Å². The van der Waals surface area contributed by atoms with Crippen LogP contribution in [-0.4, -0.2) is 49.5 Å². The Morgan fingerprint density at radius 1 is 1.00 bits per heavy atom. The third-order valence-corrected chi connectivity index (χ3v) is 7.27. The molecule has 0 aliphatic carbocycles. The fourth-order valence-corrected chi connectivity index (χ4v) is 5.56. The Kier molecular flexibility index (Phi) is 6.10. The Bertz CT molecular complexity index is 1520. The standard InChI is InChI=1S/C29H27ClN4O5/c1-15(2)39-20-13-21(38-4)25-27-23(20)28-32-24(16-8-10-18(30)11-9-16)26(17-6-5-7-19(12-17)37-3)34(28)29(36)33(27)14-22(35)31-25/h5-13,15,24,26H,14H2,1-4H3,(H,31,35)/t24-,26+/m0/s1. The minimum atomic E-state index is -0.514. The van der Waals surface area contributed by atoms with E-state index < -0.39 is 12.1 Å². The highest BCUT2D eigenvalue weighted by atomic mass is 35.5. The topological polar surface area (TPSA) is 92.7 Å². The van der Waals surface area contributed by atoms with E-state index in [1.807, 2.05) is 62.4 Å². The number of amidine groups is 1. The number of urea groups is 1. The highest BCUT2D eigenvalue weighted by molar-refractivity contribution is 6.30. The van der Waals surface area contributed by atoms with E-state index in [0.29, 0.717) is 45.0 Å². The van der Waals surface area contributed by atoms with Crippen LogP contribution in [0.25, 0.3) is 0 Å². The molecule has 0 fully saturated rings. The number of hydrogen-bond donors (Lipinski definition) is 1. The van der Waals surface area contributed by atoms with Gasteiger partial charge in [-0.25, -0.2) is 4.79 Å². The molecule has 10 heteroatoms. The number of amides is 3. The zero-order chi connectivity index (χ0) is 27.4. The first kappa shape index (κ1) is 25.1. The second-order valence-corrected chi connectivity index (χ2v) is 10.2. The first-order valence-electron chi connectivity index (χ1n) is 12.6. The largest absolute Gasteiger partial charge is 0.497 e. The van der Waals surface area contributed by atoms with Crippen molar-refractivity contribution in [2.24, 2.45) is 4.99 Å². The number of rotatable bonds is 6. The molecule has 0 saturated heterocycles. The molecule has 6 rings (SSSR count). The summed E-state index contributed by atoms with van der Waals surface area (Å²) in [6.45, 7) is 3.71. The molecule has 200 valence electrons. The number of carbonyl (C=O) groups is 2. The molecule has 0 spiro atoms. The molecule has 3 aliphatic rings. The highest BCUT2D eigenvalue weighted by Crippen LogP contribution is 2.54. The van der Waals surface area contributed by atoms with Crippen molar-refractivity contribution in [2.75, 3.05) is 31.0 Å². The lowest BCUT2D eigenvalue weighted by atomic mass is 9.93. The van der Waals surface area contributed by atoms with E-state index in [2.05, 4.69) is 5.32 Å². The van der Waals surface area contributed by atoms with E-state index in [-0.39, 0.29) is 24.6 Å². The lowest BCUT2D eigenvalue weighted by Gasteiger charge is -2.42. The van der Waals surface area contributed by atoms with Crippen molar-refractivity contribution >= 4 is 40.7 Å². The smallest absolute Gasteiger partial charge is 0.331 e. The predicted molar refractivity (Wildman–Crippen MR) is 148 cm³/mol. The van der Waals surface area contributed by atoms with Crippen LogP contribution in [0.1, 0.15) is 42.6 Å². The molecule has 3 aliphatic heterocycles. The molecule has 0 radical (unpaired) electrons. The van der Waals surface area contributed by atoms with Crippen LogP contribution in [0, 0.1) is 0 Å². The molecule has 3 heterocycles. The molecular formula is C29H27ClN4O5.